The van der Waals surface area contributed by atoms with Crippen LogP contribution in [0.15, 0.2) is 130 Å². The molecule has 0 unspecified atom stereocenters. The summed E-state index contributed by atoms with van der Waals surface area (Å²) in [6.07, 6.45) is 1.66. The number of phenolic OH excluding ortho intramolecular Hbond substituents is 1. The zero-order valence-corrected chi connectivity index (χ0v) is 34.2. The normalized spacial score (nSPS) is 11.5. The Bertz CT molecular complexity index is 2490. The Labute approximate surface area is 340 Å². The molecule has 0 bridgehead atoms. The number of rotatable bonds is 10. The molecule has 0 saturated carbocycles. The molecule has 0 radical (unpaired) electrons. The molecule has 51 heavy (non-hydrogen) atoms. The largest absolute Gasteiger partial charge is 1.00 e. The third kappa shape index (κ3) is 10.9. The van der Waals surface area contributed by atoms with Crippen LogP contribution < -0.4 is 74.5 Å². The molecule has 0 aromatic heterocycles. The molecular formula is C35H28NNa2O10S3-. The Morgan fingerprint density at radius 3 is 1.84 bits per heavy atom. The first-order chi connectivity index (χ1) is 23.0. The zero-order valence-electron chi connectivity index (χ0n) is 27.8. The second-order valence-corrected chi connectivity index (χ2v) is 15.1. The van der Waals surface area contributed by atoms with Crippen molar-refractivity contribution in [1.29, 1.82) is 0 Å². The molecule has 5 aromatic rings. The van der Waals surface area contributed by atoms with Crippen LogP contribution in [0.2, 0.25) is 0 Å². The van der Waals surface area contributed by atoms with E-state index in [1.807, 2.05) is 11.8 Å². The molecule has 0 spiro atoms. The Morgan fingerprint density at radius 2 is 1.27 bits per heavy atom. The van der Waals surface area contributed by atoms with Crippen LogP contribution in [0.1, 0.15) is 29.2 Å². The Hall–Kier alpha value is -2.83. The van der Waals surface area contributed by atoms with Gasteiger partial charge in [-0.15, -0.1) is 0 Å². The van der Waals surface area contributed by atoms with Gasteiger partial charge in [-0.3, -0.25) is 0 Å². The molecule has 1 N–H and O–H groups in total. The van der Waals surface area contributed by atoms with Crippen molar-refractivity contribution >= 4 is 47.7 Å². The van der Waals surface area contributed by atoms with E-state index in [2.05, 4.69) is 0 Å². The number of benzene rings is 5. The van der Waals surface area contributed by atoms with Crippen molar-refractivity contribution in [3.05, 3.63) is 148 Å². The molecule has 254 valence electrons. The second-order valence-electron chi connectivity index (χ2n) is 11.0. The number of aromatic hydroxyl groups is 1. The molecule has 0 amide bonds. The Morgan fingerprint density at radius 1 is 0.686 bits per heavy atom. The summed E-state index contributed by atoms with van der Waals surface area (Å²) >= 11 is 0. The average molecular weight is 765 g/mol. The topological polar surface area (TPSA) is 195 Å². The zero-order chi connectivity index (χ0) is 35.6. The van der Waals surface area contributed by atoms with Gasteiger partial charge in [0.05, 0.1) is 14.7 Å². The van der Waals surface area contributed by atoms with Crippen LogP contribution >= 0.6 is 0 Å². The van der Waals surface area contributed by atoms with Crippen LogP contribution in [0.4, 0.5) is 5.69 Å². The quantitative estimate of drug-likeness (QED) is 0.114. The van der Waals surface area contributed by atoms with Gasteiger partial charge in [-0.25, -0.2) is 25.3 Å². The summed E-state index contributed by atoms with van der Waals surface area (Å²) in [6, 6.07) is 28.6. The van der Waals surface area contributed by atoms with Gasteiger partial charge in [-0.1, -0.05) is 60.7 Å². The summed E-state index contributed by atoms with van der Waals surface area (Å²) in [7, 11) is -14.3. The Balaban J connectivity index is 0.00000351. The SMILES string of the molecule is CCN(Cc1cccc(S(=O)(=O)[O-])c1)c1ccc(C(c2ccc(O)cc2S(=O)(=O)[O-])=c2ccc(=Cc3cccc(S(=O)(=O)[O-])c3)cc2)cc1.[Na+].[Na+]. The Kier molecular flexibility index (Phi) is 14.5. The molecule has 5 rings (SSSR count). The van der Waals surface area contributed by atoms with Gasteiger partial charge in [0.25, 0.3) is 0 Å². The van der Waals surface area contributed by atoms with E-state index < -0.39 is 41.0 Å². The molecule has 0 fully saturated rings. The molecule has 0 heterocycles. The fourth-order valence-corrected chi connectivity index (χ4v) is 7.12. The van der Waals surface area contributed by atoms with Gasteiger partial charge < -0.3 is 23.7 Å². The molecule has 0 aliphatic carbocycles. The maximum absolute atomic E-state index is 12.4. The van der Waals surface area contributed by atoms with Crippen molar-refractivity contribution in [2.75, 3.05) is 11.4 Å². The maximum Gasteiger partial charge on any atom is 1.00 e. The summed E-state index contributed by atoms with van der Waals surface area (Å²) in [5.74, 6) is -0.410. The van der Waals surface area contributed by atoms with Crippen molar-refractivity contribution in [2.45, 2.75) is 28.2 Å². The molecule has 0 aliphatic heterocycles. The first kappa shape index (κ1) is 42.6. The third-order valence-electron chi connectivity index (χ3n) is 7.65. The van der Waals surface area contributed by atoms with Crippen LogP contribution in [0.3, 0.4) is 0 Å². The van der Waals surface area contributed by atoms with E-state index in [9.17, 15) is 44.0 Å². The molecule has 0 aliphatic rings. The second kappa shape index (κ2) is 17.3. The van der Waals surface area contributed by atoms with Gasteiger partial charge in [0.15, 0.2) is 0 Å². The average Bonchev–Trinajstić information content (AvgIpc) is 3.04. The van der Waals surface area contributed by atoms with Crippen molar-refractivity contribution in [3.63, 3.8) is 0 Å². The van der Waals surface area contributed by atoms with Crippen LogP contribution in [0.5, 0.6) is 5.75 Å². The van der Waals surface area contributed by atoms with Crippen LogP contribution in [-0.2, 0) is 36.9 Å². The number of nitrogens with zero attached hydrogens (tertiary/aromatic N) is 1. The fraction of sp³-hybridized carbons (Fsp3) is 0.0857. The smallest absolute Gasteiger partial charge is 0.744 e. The maximum atomic E-state index is 12.4. The van der Waals surface area contributed by atoms with Crippen molar-refractivity contribution in [3.8, 4) is 5.75 Å². The number of hydrogen-bond acceptors (Lipinski definition) is 11. The predicted octanol–water partition coefficient (Wildman–Crippen LogP) is -2.78. The van der Waals surface area contributed by atoms with Gasteiger partial charge >= 0.3 is 59.1 Å². The molecule has 0 atom stereocenters. The summed E-state index contributed by atoms with van der Waals surface area (Å²) in [5, 5.41) is 11.2. The number of anilines is 1. The van der Waals surface area contributed by atoms with E-state index >= 15 is 0 Å². The third-order valence-corrected chi connectivity index (χ3v) is 10.2. The first-order valence-electron chi connectivity index (χ1n) is 14.6. The summed E-state index contributed by atoms with van der Waals surface area (Å²) in [6.45, 7) is 2.70. The minimum Gasteiger partial charge on any atom is -0.744 e. The van der Waals surface area contributed by atoms with E-state index in [-0.39, 0.29) is 81.0 Å². The van der Waals surface area contributed by atoms with Crippen LogP contribution in [-0.4, -0.2) is 50.6 Å². The van der Waals surface area contributed by atoms with Crippen molar-refractivity contribution < 1.29 is 103 Å². The fourth-order valence-electron chi connectivity index (χ4n) is 5.34. The van der Waals surface area contributed by atoms with Gasteiger partial charge in [-0.2, -0.15) is 0 Å². The minimum absolute atomic E-state index is 0. The van der Waals surface area contributed by atoms with Crippen LogP contribution in [0, 0.1) is 0 Å². The summed E-state index contributed by atoms with van der Waals surface area (Å²) < 4.78 is 106. The van der Waals surface area contributed by atoms with Crippen molar-refractivity contribution in [2.24, 2.45) is 0 Å². The molecule has 11 nitrogen and oxygen atoms in total. The molecule has 5 aromatic carbocycles. The predicted molar refractivity (Wildman–Crippen MR) is 179 cm³/mol. The van der Waals surface area contributed by atoms with Gasteiger partial charge in [0, 0.05) is 24.3 Å². The summed E-state index contributed by atoms with van der Waals surface area (Å²) in [4.78, 5) is 0.606. The molecule has 16 heteroatoms. The first-order valence-corrected chi connectivity index (χ1v) is 18.8. The van der Waals surface area contributed by atoms with Crippen molar-refractivity contribution in [1.82, 2.24) is 0 Å². The van der Waals surface area contributed by atoms with Gasteiger partial charge in [0.1, 0.15) is 36.1 Å². The van der Waals surface area contributed by atoms with Crippen LogP contribution in [0.25, 0.3) is 11.6 Å². The van der Waals surface area contributed by atoms with E-state index in [0.717, 1.165) is 11.8 Å². The van der Waals surface area contributed by atoms with E-state index in [0.29, 0.717) is 39.2 Å². The monoisotopic (exact) mass is 764 g/mol. The molecular weight excluding hydrogens is 737 g/mol. The number of hydrogen-bond donors (Lipinski definition) is 1. The summed E-state index contributed by atoms with van der Waals surface area (Å²) in [5.41, 5.74) is 2.74. The van der Waals surface area contributed by atoms with E-state index in [4.69, 9.17) is 0 Å². The standard InChI is InChI=1S/C35H31NO10S3.2Na/c1-2-36(23-26-6-4-8-32(21-26)48(41,42)43)29-15-13-28(14-16-29)35(33-18-17-30(37)22-34(33)49(44,45)46)27-11-9-24(10-12-27)19-25-5-3-7-31(20-25)47(38,39)40;;/h3-22,37H,2,23H2,1H3,(H,38,39,40)(H,41,42,43)(H,44,45,46);;/q;2*+1/p-3. The minimum atomic E-state index is -5.04. The van der Waals surface area contributed by atoms with Gasteiger partial charge in [0.2, 0.25) is 0 Å². The van der Waals surface area contributed by atoms with E-state index in [1.165, 1.54) is 48.5 Å². The van der Waals surface area contributed by atoms with Gasteiger partial charge in [-0.05, 0) is 100 Å². The molecule has 0 saturated heterocycles. The number of phenols is 1. The van der Waals surface area contributed by atoms with E-state index in [1.54, 1.807) is 66.7 Å².